The molecule has 1 fully saturated rings. The van der Waals surface area contributed by atoms with E-state index in [1.54, 1.807) is 0 Å². The predicted octanol–water partition coefficient (Wildman–Crippen LogP) is 4.97. The second-order valence-electron chi connectivity index (χ2n) is 5.98. The first-order valence-electron chi connectivity index (χ1n) is 8.24. The normalized spacial score (nSPS) is 24.5. The Morgan fingerprint density at radius 1 is 1.10 bits per heavy atom. The van der Waals surface area contributed by atoms with E-state index in [4.69, 9.17) is 0 Å². The van der Waals surface area contributed by atoms with Crippen LogP contribution in [0, 0.1) is 11.8 Å². The van der Waals surface area contributed by atoms with Gasteiger partial charge in [0.25, 0.3) is 0 Å². The summed E-state index contributed by atoms with van der Waals surface area (Å²) >= 11 is 2.01. The number of hydrogen-bond donors (Lipinski definition) is 1. The summed E-state index contributed by atoms with van der Waals surface area (Å²) in [5, 5.41) is 3.73. The molecule has 0 saturated heterocycles. The van der Waals surface area contributed by atoms with Gasteiger partial charge in [-0.25, -0.2) is 0 Å². The molecule has 1 atom stereocenters. The molecule has 0 bridgehead atoms. The smallest absolute Gasteiger partial charge is 0.0189 e. The molecular formula is C18H29NS. The topological polar surface area (TPSA) is 12.0 Å². The molecule has 0 amide bonds. The number of nitrogens with one attached hydrogen (secondary N) is 1. The first-order chi connectivity index (χ1) is 9.83. The number of rotatable bonds is 7. The molecule has 0 radical (unpaired) electrons. The van der Waals surface area contributed by atoms with Crippen LogP contribution in [0.5, 0.6) is 0 Å². The van der Waals surface area contributed by atoms with E-state index < -0.39 is 0 Å². The van der Waals surface area contributed by atoms with Crippen molar-refractivity contribution in [1.82, 2.24) is 5.32 Å². The highest BCUT2D eigenvalue weighted by Crippen LogP contribution is 2.34. The molecule has 1 aliphatic rings. The minimum absolute atomic E-state index is 0.683. The average molecular weight is 292 g/mol. The maximum atomic E-state index is 3.73. The van der Waals surface area contributed by atoms with Crippen LogP contribution in [0.1, 0.15) is 46.0 Å². The molecule has 2 rings (SSSR count). The molecule has 1 aromatic rings. The standard InChI is InChI=1S/C18H29NS/c1-3-15-10-12-16(13-11-15)18(19-4-2)14-20-17-8-6-5-7-9-17/h5-9,15-16,18-19H,3-4,10-14H2,1-2H3. The van der Waals surface area contributed by atoms with E-state index >= 15 is 0 Å². The van der Waals surface area contributed by atoms with Crippen molar-refractivity contribution in [2.75, 3.05) is 12.3 Å². The lowest BCUT2D eigenvalue weighted by Crippen LogP contribution is -2.40. The minimum Gasteiger partial charge on any atom is -0.313 e. The molecule has 0 spiro atoms. The molecule has 0 aliphatic heterocycles. The minimum atomic E-state index is 0.683. The summed E-state index contributed by atoms with van der Waals surface area (Å²) in [4.78, 5) is 1.40. The zero-order valence-electron chi connectivity index (χ0n) is 13.0. The molecule has 112 valence electrons. The van der Waals surface area contributed by atoms with Gasteiger partial charge in [-0.05, 0) is 43.4 Å². The quantitative estimate of drug-likeness (QED) is 0.712. The molecule has 1 unspecified atom stereocenters. The van der Waals surface area contributed by atoms with E-state index in [2.05, 4.69) is 49.5 Å². The Kier molecular flexibility index (Phi) is 6.95. The predicted molar refractivity (Wildman–Crippen MR) is 90.4 cm³/mol. The zero-order chi connectivity index (χ0) is 14.2. The molecule has 20 heavy (non-hydrogen) atoms. The van der Waals surface area contributed by atoms with Gasteiger partial charge in [0.15, 0.2) is 0 Å². The van der Waals surface area contributed by atoms with Crippen LogP contribution < -0.4 is 5.32 Å². The summed E-state index contributed by atoms with van der Waals surface area (Å²) in [7, 11) is 0. The number of thioether (sulfide) groups is 1. The van der Waals surface area contributed by atoms with Crippen LogP contribution in [0.15, 0.2) is 35.2 Å². The summed E-state index contributed by atoms with van der Waals surface area (Å²) in [5.74, 6) is 3.09. The molecule has 1 N–H and O–H groups in total. The zero-order valence-corrected chi connectivity index (χ0v) is 13.8. The van der Waals surface area contributed by atoms with Gasteiger partial charge in [-0.2, -0.15) is 0 Å². The van der Waals surface area contributed by atoms with Gasteiger partial charge in [-0.1, -0.05) is 51.3 Å². The Bertz CT molecular complexity index is 357. The first-order valence-corrected chi connectivity index (χ1v) is 9.23. The van der Waals surface area contributed by atoms with Gasteiger partial charge in [0.2, 0.25) is 0 Å². The van der Waals surface area contributed by atoms with E-state index in [0.717, 1.165) is 18.4 Å². The van der Waals surface area contributed by atoms with Gasteiger partial charge in [-0.3, -0.25) is 0 Å². The Morgan fingerprint density at radius 3 is 2.40 bits per heavy atom. The maximum absolute atomic E-state index is 3.73. The fraction of sp³-hybridized carbons (Fsp3) is 0.667. The highest BCUT2D eigenvalue weighted by molar-refractivity contribution is 7.99. The van der Waals surface area contributed by atoms with Crippen molar-refractivity contribution in [3.8, 4) is 0 Å². The SMILES string of the molecule is CCNC(CSc1ccccc1)C1CCC(CC)CC1. The molecule has 0 heterocycles. The number of hydrogen-bond acceptors (Lipinski definition) is 2. The lowest BCUT2D eigenvalue weighted by molar-refractivity contribution is 0.229. The Hall–Kier alpha value is -0.470. The third-order valence-corrected chi connectivity index (χ3v) is 5.81. The van der Waals surface area contributed by atoms with Crippen LogP contribution in [0.3, 0.4) is 0 Å². The van der Waals surface area contributed by atoms with Crippen LogP contribution in [0.4, 0.5) is 0 Å². The van der Waals surface area contributed by atoms with E-state index in [0.29, 0.717) is 6.04 Å². The highest BCUT2D eigenvalue weighted by Gasteiger charge is 2.26. The second kappa shape index (κ2) is 8.74. The Labute approximate surface area is 128 Å². The van der Waals surface area contributed by atoms with E-state index in [1.807, 2.05) is 11.8 Å². The third kappa shape index (κ3) is 4.82. The molecule has 2 heteroatoms. The van der Waals surface area contributed by atoms with Gasteiger partial charge in [-0.15, -0.1) is 11.8 Å². The van der Waals surface area contributed by atoms with E-state index in [-0.39, 0.29) is 0 Å². The third-order valence-electron chi connectivity index (χ3n) is 4.68. The number of benzene rings is 1. The van der Waals surface area contributed by atoms with E-state index in [9.17, 15) is 0 Å². The summed E-state index contributed by atoms with van der Waals surface area (Å²) in [6, 6.07) is 11.5. The summed E-state index contributed by atoms with van der Waals surface area (Å²) in [5.41, 5.74) is 0. The Balaban J connectivity index is 1.84. The molecule has 1 saturated carbocycles. The molecule has 1 aromatic carbocycles. The van der Waals surface area contributed by atoms with Gasteiger partial charge < -0.3 is 5.32 Å². The van der Waals surface area contributed by atoms with Crippen LogP contribution in [0.2, 0.25) is 0 Å². The van der Waals surface area contributed by atoms with Crippen LogP contribution in [0.25, 0.3) is 0 Å². The van der Waals surface area contributed by atoms with Gasteiger partial charge in [0.05, 0.1) is 0 Å². The second-order valence-corrected chi connectivity index (χ2v) is 7.07. The van der Waals surface area contributed by atoms with Gasteiger partial charge in [0.1, 0.15) is 0 Å². The van der Waals surface area contributed by atoms with Crippen LogP contribution in [-0.4, -0.2) is 18.3 Å². The lowest BCUT2D eigenvalue weighted by atomic mass is 9.78. The Morgan fingerprint density at radius 2 is 1.80 bits per heavy atom. The van der Waals surface area contributed by atoms with E-state index in [1.165, 1.54) is 42.8 Å². The van der Waals surface area contributed by atoms with Crippen molar-refractivity contribution in [3.63, 3.8) is 0 Å². The first kappa shape index (κ1) is 15.9. The molecule has 0 aromatic heterocycles. The largest absolute Gasteiger partial charge is 0.313 e. The summed E-state index contributed by atoms with van der Waals surface area (Å²) in [6.45, 7) is 5.67. The fourth-order valence-electron chi connectivity index (χ4n) is 3.33. The highest BCUT2D eigenvalue weighted by atomic mass is 32.2. The van der Waals surface area contributed by atoms with Crippen LogP contribution in [-0.2, 0) is 0 Å². The van der Waals surface area contributed by atoms with Crippen molar-refractivity contribution >= 4 is 11.8 Å². The van der Waals surface area contributed by atoms with Gasteiger partial charge in [0, 0.05) is 16.7 Å². The van der Waals surface area contributed by atoms with Crippen molar-refractivity contribution in [2.45, 2.75) is 56.9 Å². The average Bonchev–Trinajstić information content (AvgIpc) is 2.52. The molecule has 1 aliphatic carbocycles. The molecular weight excluding hydrogens is 262 g/mol. The van der Waals surface area contributed by atoms with Gasteiger partial charge >= 0.3 is 0 Å². The van der Waals surface area contributed by atoms with Crippen LogP contribution >= 0.6 is 11.8 Å². The fourth-order valence-corrected chi connectivity index (χ4v) is 4.44. The van der Waals surface area contributed by atoms with Crippen molar-refractivity contribution in [1.29, 1.82) is 0 Å². The van der Waals surface area contributed by atoms with Crippen molar-refractivity contribution < 1.29 is 0 Å². The lowest BCUT2D eigenvalue weighted by Gasteiger charge is -2.34. The summed E-state index contributed by atoms with van der Waals surface area (Å²) in [6.07, 6.45) is 7.10. The summed E-state index contributed by atoms with van der Waals surface area (Å²) < 4.78 is 0. The maximum Gasteiger partial charge on any atom is 0.0189 e. The monoisotopic (exact) mass is 291 g/mol. The van der Waals surface area contributed by atoms with Crippen molar-refractivity contribution in [2.24, 2.45) is 11.8 Å². The molecule has 1 nitrogen and oxygen atoms in total. The van der Waals surface area contributed by atoms with Crippen molar-refractivity contribution in [3.05, 3.63) is 30.3 Å².